The molecule has 0 spiro atoms. The molecule has 0 amide bonds. The van der Waals surface area contributed by atoms with Crippen LogP contribution in [0.2, 0.25) is 5.02 Å². The summed E-state index contributed by atoms with van der Waals surface area (Å²) in [6.45, 7) is 9.64. The van der Waals surface area contributed by atoms with Gasteiger partial charge in [-0.2, -0.15) is 0 Å². The Bertz CT molecular complexity index is 865. The van der Waals surface area contributed by atoms with Crippen molar-refractivity contribution in [3.63, 3.8) is 0 Å². The molecule has 5 nitrogen and oxygen atoms in total. The van der Waals surface area contributed by atoms with Gasteiger partial charge in [0.2, 0.25) is 0 Å². The topological polar surface area (TPSA) is 46.1 Å². The van der Waals surface area contributed by atoms with Gasteiger partial charge in [0.05, 0.1) is 22.9 Å². The van der Waals surface area contributed by atoms with Crippen LogP contribution in [0.3, 0.4) is 0 Å². The van der Waals surface area contributed by atoms with Gasteiger partial charge in [-0.15, -0.1) is 0 Å². The average Bonchev–Trinajstić information content (AvgIpc) is 2.61. The van der Waals surface area contributed by atoms with E-state index in [9.17, 15) is 4.39 Å². The summed E-state index contributed by atoms with van der Waals surface area (Å²) in [5, 5.41) is 2.13. The maximum absolute atomic E-state index is 13.3. The van der Waals surface area contributed by atoms with Gasteiger partial charge in [-0.05, 0) is 63.1 Å². The minimum absolute atomic E-state index is 0.0333. The lowest BCUT2D eigenvalue weighted by Crippen LogP contribution is -2.51. The van der Waals surface area contributed by atoms with E-state index in [4.69, 9.17) is 21.1 Å². The first-order valence-corrected chi connectivity index (χ1v) is 9.63. The molecule has 150 valence electrons. The number of rotatable bonds is 5. The smallest absolute Gasteiger partial charge is 0.142 e. The second-order valence-corrected chi connectivity index (χ2v) is 7.54. The number of aryl methyl sites for hydroxylation is 2. The quantitative estimate of drug-likeness (QED) is 0.551. The molecule has 7 heteroatoms. The first kappa shape index (κ1) is 20.6. The highest BCUT2D eigenvalue weighted by molar-refractivity contribution is 6.30. The molecule has 2 unspecified atom stereocenters. The van der Waals surface area contributed by atoms with E-state index in [-0.39, 0.29) is 17.2 Å². The number of hydrazine groups is 1. The van der Waals surface area contributed by atoms with Crippen LogP contribution in [-0.2, 0) is 4.74 Å². The van der Waals surface area contributed by atoms with Gasteiger partial charge in [0.1, 0.15) is 23.7 Å². The molecule has 28 heavy (non-hydrogen) atoms. The molecular formula is C21H25ClFN3O2. The standard InChI is InChI=1S/C21H25ClFN3O2/c1-13-8-21(28-17-5-6-19(23)18(22)9-17)14(2)7-20(13)24-12-25-26-10-15(3)27-16(4)11-26/h5-9,12,15-16H,10-11H2,1-4H3,(H,24,25). The fraction of sp³-hybridized carbons (Fsp3) is 0.381. The van der Waals surface area contributed by atoms with E-state index in [2.05, 4.69) is 29.3 Å². The third kappa shape index (κ3) is 5.22. The Hall–Kier alpha value is -2.15. The zero-order valence-corrected chi connectivity index (χ0v) is 17.3. The van der Waals surface area contributed by atoms with Crippen molar-refractivity contribution in [1.29, 1.82) is 0 Å². The molecule has 1 fully saturated rings. The minimum atomic E-state index is -0.469. The Balaban J connectivity index is 1.68. The predicted octanol–water partition coefficient (Wildman–Crippen LogP) is 5.16. The summed E-state index contributed by atoms with van der Waals surface area (Å²) in [5.41, 5.74) is 5.97. The molecule has 1 saturated heterocycles. The molecule has 0 radical (unpaired) electrons. The highest BCUT2D eigenvalue weighted by atomic mass is 35.5. The van der Waals surface area contributed by atoms with Gasteiger partial charge < -0.3 is 14.9 Å². The molecule has 2 aromatic carbocycles. The van der Waals surface area contributed by atoms with Crippen molar-refractivity contribution in [3.8, 4) is 11.5 Å². The molecule has 0 saturated carbocycles. The zero-order chi connectivity index (χ0) is 20.3. The van der Waals surface area contributed by atoms with Gasteiger partial charge in [0, 0.05) is 19.2 Å². The van der Waals surface area contributed by atoms with Gasteiger partial charge in [-0.25, -0.2) is 14.4 Å². The zero-order valence-electron chi connectivity index (χ0n) is 16.5. The molecule has 0 bridgehead atoms. The van der Waals surface area contributed by atoms with Crippen LogP contribution in [0, 0.1) is 19.7 Å². The number of nitrogens with one attached hydrogen (secondary N) is 1. The number of hydrogen-bond donors (Lipinski definition) is 1. The lowest BCUT2D eigenvalue weighted by atomic mass is 10.1. The van der Waals surface area contributed by atoms with E-state index < -0.39 is 5.82 Å². The molecular weight excluding hydrogens is 381 g/mol. The summed E-state index contributed by atoms with van der Waals surface area (Å²) >= 11 is 5.82. The van der Waals surface area contributed by atoms with Crippen LogP contribution in [-0.4, -0.2) is 36.6 Å². The third-order valence-corrected chi connectivity index (χ3v) is 4.77. The summed E-state index contributed by atoms with van der Waals surface area (Å²) in [7, 11) is 0. The number of ether oxygens (including phenoxy) is 2. The van der Waals surface area contributed by atoms with Crippen molar-refractivity contribution < 1.29 is 13.9 Å². The Morgan fingerprint density at radius 3 is 2.57 bits per heavy atom. The van der Waals surface area contributed by atoms with E-state index in [1.165, 1.54) is 12.1 Å². The van der Waals surface area contributed by atoms with Crippen LogP contribution in [0.25, 0.3) is 0 Å². The van der Waals surface area contributed by atoms with Crippen LogP contribution >= 0.6 is 11.6 Å². The number of hydrogen-bond acceptors (Lipinski definition) is 4. The highest BCUT2D eigenvalue weighted by Crippen LogP contribution is 2.32. The van der Waals surface area contributed by atoms with Gasteiger partial charge in [-0.1, -0.05) is 11.6 Å². The van der Waals surface area contributed by atoms with Crippen LogP contribution in [0.15, 0.2) is 35.3 Å². The van der Waals surface area contributed by atoms with Crippen molar-refractivity contribution in [3.05, 3.63) is 52.3 Å². The predicted molar refractivity (Wildman–Crippen MR) is 110 cm³/mol. The second kappa shape index (κ2) is 8.90. The number of halogens is 2. The van der Waals surface area contributed by atoms with Crippen molar-refractivity contribution in [2.75, 3.05) is 13.1 Å². The van der Waals surface area contributed by atoms with Gasteiger partial charge >= 0.3 is 0 Å². The lowest BCUT2D eigenvalue weighted by Gasteiger charge is -2.34. The van der Waals surface area contributed by atoms with Gasteiger partial charge in [0.15, 0.2) is 0 Å². The van der Waals surface area contributed by atoms with Crippen molar-refractivity contribution in [2.24, 2.45) is 4.99 Å². The molecule has 0 aliphatic carbocycles. The van der Waals surface area contributed by atoms with Crippen LogP contribution in [0.4, 0.5) is 10.1 Å². The van der Waals surface area contributed by atoms with Gasteiger partial charge in [0.25, 0.3) is 0 Å². The Morgan fingerprint density at radius 1 is 1.18 bits per heavy atom. The van der Waals surface area contributed by atoms with E-state index in [1.807, 2.05) is 26.0 Å². The minimum Gasteiger partial charge on any atom is -0.457 e. The Labute approximate surface area is 170 Å². The number of morpholine rings is 1. The summed E-state index contributed by atoms with van der Waals surface area (Å²) in [6.07, 6.45) is 2.07. The van der Waals surface area contributed by atoms with E-state index in [1.54, 1.807) is 12.4 Å². The largest absolute Gasteiger partial charge is 0.457 e. The molecule has 1 heterocycles. The molecule has 1 aliphatic heterocycles. The van der Waals surface area contributed by atoms with Crippen molar-refractivity contribution >= 4 is 23.6 Å². The molecule has 1 N–H and O–H groups in total. The SMILES string of the molecule is Cc1cc(Oc2ccc(F)c(Cl)c2)c(C)cc1N=CNN1CC(C)OC(C)C1. The van der Waals surface area contributed by atoms with Crippen molar-refractivity contribution in [1.82, 2.24) is 10.4 Å². The molecule has 3 rings (SSSR count). The van der Waals surface area contributed by atoms with E-state index >= 15 is 0 Å². The first-order chi connectivity index (χ1) is 13.3. The monoisotopic (exact) mass is 405 g/mol. The molecule has 0 aromatic heterocycles. The second-order valence-electron chi connectivity index (χ2n) is 7.13. The van der Waals surface area contributed by atoms with Crippen LogP contribution in [0.1, 0.15) is 25.0 Å². The average molecular weight is 406 g/mol. The van der Waals surface area contributed by atoms with Crippen LogP contribution in [0.5, 0.6) is 11.5 Å². The van der Waals surface area contributed by atoms with Gasteiger partial charge in [-0.3, -0.25) is 0 Å². The fourth-order valence-electron chi connectivity index (χ4n) is 3.15. The van der Waals surface area contributed by atoms with Crippen LogP contribution < -0.4 is 10.2 Å². The Morgan fingerprint density at radius 2 is 1.89 bits per heavy atom. The summed E-state index contributed by atoms with van der Waals surface area (Å²) in [5.74, 6) is 0.702. The van der Waals surface area contributed by atoms with E-state index in [0.717, 1.165) is 29.9 Å². The number of aliphatic imine (C=N–C) groups is 1. The summed E-state index contributed by atoms with van der Waals surface area (Å²) < 4.78 is 24.9. The Kier molecular flexibility index (Phi) is 6.54. The maximum atomic E-state index is 13.3. The fourth-order valence-corrected chi connectivity index (χ4v) is 3.32. The summed E-state index contributed by atoms with van der Waals surface area (Å²) in [6, 6.07) is 8.18. The molecule has 1 aliphatic rings. The number of nitrogens with zero attached hydrogens (tertiary/aromatic N) is 2. The highest BCUT2D eigenvalue weighted by Gasteiger charge is 2.21. The summed E-state index contributed by atoms with van der Waals surface area (Å²) in [4.78, 5) is 4.54. The lowest BCUT2D eigenvalue weighted by molar-refractivity contribution is -0.0760. The third-order valence-electron chi connectivity index (χ3n) is 4.48. The maximum Gasteiger partial charge on any atom is 0.142 e. The van der Waals surface area contributed by atoms with E-state index in [0.29, 0.717) is 11.5 Å². The molecule has 2 atom stereocenters. The normalized spacial score (nSPS) is 20.5. The first-order valence-electron chi connectivity index (χ1n) is 9.25. The molecule has 2 aromatic rings. The number of benzene rings is 2. The van der Waals surface area contributed by atoms with Crippen molar-refractivity contribution in [2.45, 2.75) is 39.9 Å².